The van der Waals surface area contributed by atoms with Crippen molar-refractivity contribution in [1.29, 1.82) is 0 Å². The molecule has 0 fully saturated rings. The van der Waals surface area contributed by atoms with E-state index in [2.05, 4.69) is 10.4 Å². The van der Waals surface area contributed by atoms with Crippen molar-refractivity contribution >= 4 is 11.4 Å². The van der Waals surface area contributed by atoms with Crippen LogP contribution in [0, 0.1) is 11.6 Å². The Morgan fingerprint density at radius 3 is 2.89 bits per heavy atom. The summed E-state index contributed by atoms with van der Waals surface area (Å²) in [7, 11) is 0. The lowest BCUT2D eigenvalue weighted by Crippen LogP contribution is -2.23. The molecule has 0 bridgehead atoms. The number of nitrogen functional groups attached to an aromatic ring is 1. The Bertz CT molecular complexity index is 525. The SMILES string of the molecule is CC(Cn1cccn1)Nc1cc(F)cc(F)c1N. The van der Waals surface area contributed by atoms with Gasteiger partial charge in [0.25, 0.3) is 0 Å². The Morgan fingerprint density at radius 2 is 2.22 bits per heavy atom. The zero-order valence-electron chi connectivity index (χ0n) is 9.90. The molecule has 1 unspecified atom stereocenters. The standard InChI is InChI=1S/C12H14F2N4/c1-8(7-18-4-2-3-16-18)17-11-6-9(13)5-10(14)12(11)15/h2-6,8,17H,7,15H2,1H3. The van der Waals surface area contributed by atoms with E-state index in [1.54, 1.807) is 10.9 Å². The maximum atomic E-state index is 13.2. The van der Waals surface area contributed by atoms with Gasteiger partial charge in [-0.05, 0) is 19.1 Å². The van der Waals surface area contributed by atoms with Gasteiger partial charge in [0, 0.05) is 24.5 Å². The fourth-order valence-corrected chi connectivity index (χ4v) is 1.70. The molecule has 0 spiro atoms. The molecular weight excluding hydrogens is 238 g/mol. The first kappa shape index (κ1) is 12.3. The summed E-state index contributed by atoms with van der Waals surface area (Å²) < 4.78 is 28.1. The Balaban J connectivity index is 2.09. The third-order valence-electron chi connectivity index (χ3n) is 2.52. The lowest BCUT2D eigenvalue weighted by Gasteiger charge is -2.17. The van der Waals surface area contributed by atoms with Crippen LogP contribution < -0.4 is 11.1 Å². The summed E-state index contributed by atoms with van der Waals surface area (Å²) in [6.07, 6.45) is 3.48. The molecule has 3 N–H and O–H groups in total. The molecule has 0 amide bonds. The van der Waals surface area contributed by atoms with E-state index in [1.807, 2.05) is 19.2 Å². The summed E-state index contributed by atoms with van der Waals surface area (Å²) in [6, 6.07) is 3.69. The van der Waals surface area contributed by atoms with Gasteiger partial charge in [0.05, 0.1) is 17.9 Å². The Labute approximate surface area is 103 Å². The van der Waals surface area contributed by atoms with Crippen LogP contribution in [0.15, 0.2) is 30.6 Å². The first-order valence-electron chi connectivity index (χ1n) is 5.54. The smallest absolute Gasteiger partial charge is 0.151 e. The molecular formula is C12H14F2N4. The number of halogens is 2. The van der Waals surface area contributed by atoms with Crippen LogP contribution in [-0.4, -0.2) is 15.8 Å². The normalized spacial score (nSPS) is 12.4. The van der Waals surface area contributed by atoms with E-state index in [0.717, 1.165) is 6.07 Å². The monoisotopic (exact) mass is 252 g/mol. The van der Waals surface area contributed by atoms with Gasteiger partial charge >= 0.3 is 0 Å². The van der Waals surface area contributed by atoms with Crippen molar-refractivity contribution in [2.45, 2.75) is 19.5 Å². The molecule has 6 heteroatoms. The summed E-state index contributed by atoms with van der Waals surface area (Å²) in [4.78, 5) is 0. The highest BCUT2D eigenvalue weighted by Gasteiger charge is 2.11. The summed E-state index contributed by atoms with van der Waals surface area (Å²) in [5, 5.41) is 7.02. The number of nitrogens with two attached hydrogens (primary N) is 1. The average molecular weight is 252 g/mol. The molecule has 18 heavy (non-hydrogen) atoms. The van der Waals surface area contributed by atoms with Gasteiger partial charge in [-0.15, -0.1) is 0 Å². The van der Waals surface area contributed by atoms with Crippen molar-refractivity contribution in [3.63, 3.8) is 0 Å². The van der Waals surface area contributed by atoms with Crippen molar-refractivity contribution < 1.29 is 8.78 Å². The molecule has 1 atom stereocenters. The second kappa shape index (κ2) is 5.03. The topological polar surface area (TPSA) is 55.9 Å². The van der Waals surface area contributed by atoms with E-state index in [4.69, 9.17) is 5.73 Å². The molecule has 1 aromatic heterocycles. The minimum Gasteiger partial charge on any atom is -0.395 e. The number of aromatic nitrogens is 2. The van der Waals surface area contributed by atoms with Crippen molar-refractivity contribution in [2.75, 3.05) is 11.1 Å². The molecule has 0 aliphatic rings. The Morgan fingerprint density at radius 1 is 1.44 bits per heavy atom. The van der Waals surface area contributed by atoms with Gasteiger partial charge in [0.2, 0.25) is 0 Å². The highest BCUT2D eigenvalue weighted by atomic mass is 19.1. The largest absolute Gasteiger partial charge is 0.395 e. The van der Waals surface area contributed by atoms with Crippen LogP contribution in [0.25, 0.3) is 0 Å². The first-order chi connectivity index (χ1) is 8.56. The van der Waals surface area contributed by atoms with E-state index < -0.39 is 11.6 Å². The Hall–Kier alpha value is -2.11. The quantitative estimate of drug-likeness (QED) is 0.820. The molecule has 0 saturated heterocycles. The number of nitrogens with one attached hydrogen (secondary N) is 1. The summed E-state index contributed by atoms with van der Waals surface area (Å²) in [6.45, 7) is 2.45. The van der Waals surface area contributed by atoms with E-state index >= 15 is 0 Å². The summed E-state index contributed by atoms with van der Waals surface area (Å²) in [5.74, 6) is -1.42. The van der Waals surface area contributed by atoms with Crippen LogP contribution in [0.3, 0.4) is 0 Å². The zero-order valence-corrected chi connectivity index (χ0v) is 9.90. The highest BCUT2D eigenvalue weighted by Crippen LogP contribution is 2.24. The van der Waals surface area contributed by atoms with Gasteiger partial charge in [0.1, 0.15) is 5.82 Å². The highest BCUT2D eigenvalue weighted by molar-refractivity contribution is 5.67. The lowest BCUT2D eigenvalue weighted by molar-refractivity contribution is 0.558. The number of rotatable bonds is 4. The van der Waals surface area contributed by atoms with Gasteiger partial charge in [-0.1, -0.05) is 0 Å². The van der Waals surface area contributed by atoms with Crippen LogP contribution >= 0.6 is 0 Å². The molecule has 2 rings (SSSR count). The maximum Gasteiger partial charge on any atom is 0.151 e. The van der Waals surface area contributed by atoms with Gasteiger partial charge in [-0.3, -0.25) is 4.68 Å². The summed E-state index contributed by atoms with van der Waals surface area (Å²) in [5.41, 5.74) is 5.72. The van der Waals surface area contributed by atoms with Crippen molar-refractivity contribution in [1.82, 2.24) is 9.78 Å². The third kappa shape index (κ3) is 2.77. The predicted octanol–water partition coefficient (Wildman–Crippen LogP) is 2.24. The Kier molecular flexibility index (Phi) is 3.45. The number of hydrogen-bond acceptors (Lipinski definition) is 3. The van der Waals surface area contributed by atoms with E-state index in [-0.39, 0.29) is 17.4 Å². The molecule has 0 saturated carbocycles. The van der Waals surface area contributed by atoms with Crippen molar-refractivity contribution in [3.05, 3.63) is 42.2 Å². The van der Waals surface area contributed by atoms with E-state index in [9.17, 15) is 8.78 Å². The van der Waals surface area contributed by atoms with Crippen LogP contribution in [0.5, 0.6) is 0 Å². The molecule has 1 aromatic carbocycles. The predicted molar refractivity (Wildman–Crippen MR) is 66.1 cm³/mol. The lowest BCUT2D eigenvalue weighted by atomic mass is 10.2. The first-order valence-corrected chi connectivity index (χ1v) is 5.54. The second-order valence-corrected chi connectivity index (χ2v) is 4.12. The van der Waals surface area contributed by atoms with Crippen LogP contribution in [0.2, 0.25) is 0 Å². The van der Waals surface area contributed by atoms with Crippen molar-refractivity contribution in [3.8, 4) is 0 Å². The number of anilines is 2. The average Bonchev–Trinajstić information content (AvgIpc) is 2.77. The number of hydrogen-bond donors (Lipinski definition) is 2. The molecule has 0 aliphatic carbocycles. The number of benzene rings is 1. The van der Waals surface area contributed by atoms with Crippen LogP contribution in [0.1, 0.15) is 6.92 Å². The molecule has 0 radical (unpaired) electrons. The van der Waals surface area contributed by atoms with Gasteiger partial charge in [0.15, 0.2) is 5.82 Å². The van der Waals surface area contributed by atoms with E-state index in [0.29, 0.717) is 6.54 Å². The molecule has 0 aliphatic heterocycles. The molecule has 96 valence electrons. The second-order valence-electron chi connectivity index (χ2n) is 4.12. The molecule has 2 aromatic rings. The third-order valence-corrected chi connectivity index (χ3v) is 2.52. The minimum absolute atomic E-state index is 0.0617. The van der Waals surface area contributed by atoms with E-state index in [1.165, 1.54) is 6.07 Å². The zero-order chi connectivity index (χ0) is 13.1. The molecule has 1 heterocycles. The minimum atomic E-state index is -0.760. The fraction of sp³-hybridized carbons (Fsp3) is 0.250. The van der Waals surface area contributed by atoms with Crippen LogP contribution in [0.4, 0.5) is 20.2 Å². The fourth-order valence-electron chi connectivity index (χ4n) is 1.70. The maximum absolute atomic E-state index is 13.2. The van der Waals surface area contributed by atoms with Crippen molar-refractivity contribution in [2.24, 2.45) is 0 Å². The number of nitrogens with zero attached hydrogens (tertiary/aromatic N) is 2. The van der Waals surface area contributed by atoms with Gasteiger partial charge < -0.3 is 11.1 Å². The van der Waals surface area contributed by atoms with Gasteiger partial charge in [-0.2, -0.15) is 5.10 Å². The van der Waals surface area contributed by atoms with Crippen LogP contribution in [-0.2, 0) is 6.54 Å². The summed E-state index contributed by atoms with van der Waals surface area (Å²) >= 11 is 0. The van der Waals surface area contributed by atoms with Gasteiger partial charge in [-0.25, -0.2) is 8.78 Å². The molecule has 4 nitrogen and oxygen atoms in total.